The van der Waals surface area contributed by atoms with Gasteiger partial charge in [0, 0.05) is 22.1 Å². The molecule has 3 aromatic heterocycles. The molecule has 0 fully saturated rings. The average molecular weight is 553 g/mol. The van der Waals surface area contributed by atoms with Gasteiger partial charge in [0.1, 0.15) is 0 Å². The molecule has 0 saturated carbocycles. The highest BCUT2D eigenvalue weighted by Gasteiger charge is 2.18. The lowest BCUT2D eigenvalue weighted by atomic mass is 10.0. The molecule has 0 saturated heterocycles. The fraction of sp³-hybridized carbons (Fsp3) is 0.0513. The highest BCUT2D eigenvalue weighted by molar-refractivity contribution is 6.09. The van der Waals surface area contributed by atoms with E-state index in [-0.39, 0.29) is 0 Å². The lowest BCUT2D eigenvalue weighted by molar-refractivity contribution is 1.10. The molecule has 4 heteroatoms. The Labute approximate surface area is 248 Å². The minimum atomic E-state index is 0.838. The maximum Gasteiger partial charge on any atom is 0.220 e. The monoisotopic (exact) mass is 552 g/mol. The van der Waals surface area contributed by atoms with Crippen LogP contribution >= 0.6 is 0 Å². The van der Waals surface area contributed by atoms with Gasteiger partial charge in [0.2, 0.25) is 5.78 Å². The Bertz CT molecular complexity index is 2450. The SMILES string of the molecule is Cc1cccc(-n2c3ccc(Cc4cccc(-n5c6ccccc6c6ccccc65)c4)cc3n3c4ccccc4nc23)c1. The molecule has 0 unspecified atom stereocenters. The van der Waals surface area contributed by atoms with Crippen molar-refractivity contribution in [3.63, 3.8) is 0 Å². The van der Waals surface area contributed by atoms with Crippen LogP contribution in [0.3, 0.4) is 0 Å². The summed E-state index contributed by atoms with van der Waals surface area (Å²) in [4.78, 5) is 5.09. The van der Waals surface area contributed by atoms with E-state index in [1.54, 1.807) is 0 Å². The fourth-order valence-electron chi connectivity index (χ4n) is 6.82. The van der Waals surface area contributed by atoms with E-state index < -0.39 is 0 Å². The molecule has 0 atom stereocenters. The van der Waals surface area contributed by atoms with Crippen LogP contribution in [0.5, 0.6) is 0 Å². The number of imidazole rings is 2. The van der Waals surface area contributed by atoms with Gasteiger partial charge in [-0.15, -0.1) is 0 Å². The first kappa shape index (κ1) is 24.0. The molecule has 43 heavy (non-hydrogen) atoms. The van der Waals surface area contributed by atoms with Crippen molar-refractivity contribution < 1.29 is 0 Å². The predicted molar refractivity (Wildman–Crippen MR) is 178 cm³/mol. The Morgan fingerprint density at radius 2 is 1.14 bits per heavy atom. The van der Waals surface area contributed by atoms with Crippen LogP contribution in [0.25, 0.3) is 61.0 Å². The number of fused-ring (bicyclic) bond motifs is 8. The molecule has 0 radical (unpaired) electrons. The first-order chi connectivity index (χ1) is 21.2. The van der Waals surface area contributed by atoms with E-state index in [4.69, 9.17) is 4.98 Å². The molecule has 6 aromatic carbocycles. The number of hydrogen-bond acceptors (Lipinski definition) is 1. The topological polar surface area (TPSA) is 27.2 Å². The van der Waals surface area contributed by atoms with Gasteiger partial charge >= 0.3 is 0 Å². The Hall–Kier alpha value is -5.61. The van der Waals surface area contributed by atoms with Crippen molar-refractivity contribution in [2.24, 2.45) is 0 Å². The fourth-order valence-corrected chi connectivity index (χ4v) is 6.82. The van der Waals surface area contributed by atoms with Crippen molar-refractivity contribution in [3.8, 4) is 11.4 Å². The summed E-state index contributed by atoms with van der Waals surface area (Å²) in [5.74, 6) is 0.937. The molecule has 0 aliphatic carbocycles. The Kier molecular flexibility index (Phi) is 5.14. The molecule has 0 bridgehead atoms. The third-order valence-corrected chi connectivity index (χ3v) is 8.68. The molecular formula is C39H28N4. The number of rotatable bonds is 4. The highest BCUT2D eigenvalue weighted by Crippen LogP contribution is 2.33. The number of nitrogens with zero attached hydrogens (tertiary/aromatic N) is 4. The molecule has 0 N–H and O–H groups in total. The zero-order valence-corrected chi connectivity index (χ0v) is 23.8. The lowest BCUT2D eigenvalue weighted by Gasteiger charge is -2.11. The second-order valence-electron chi connectivity index (χ2n) is 11.4. The largest absolute Gasteiger partial charge is 0.309 e. The quantitative estimate of drug-likeness (QED) is 0.214. The second kappa shape index (κ2) is 9.20. The summed E-state index contributed by atoms with van der Waals surface area (Å²) in [5, 5.41) is 2.56. The van der Waals surface area contributed by atoms with Crippen molar-refractivity contribution in [2.45, 2.75) is 13.3 Å². The van der Waals surface area contributed by atoms with Crippen molar-refractivity contribution >= 4 is 49.7 Å². The van der Waals surface area contributed by atoms with Gasteiger partial charge in [-0.3, -0.25) is 8.97 Å². The van der Waals surface area contributed by atoms with Crippen LogP contribution in [-0.4, -0.2) is 18.5 Å². The van der Waals surface area contributed by atoms with Gasteiger partial charge in [0.25, 0.3) is 0 Å². The molecule has 3 heterocycles. The van der Waals surface area contributed by atoms with Crippen molar-refractivity contribution in [2.75, 3.05) is 0 Å². The van der Waals surface area contributed by atoms with Gasteiger partial charge in [-0.05, 0) is 90.7 Å². The number of para-hydroxylation sites is 4. The minimum Gasteiger partial charge on any atom is -0.309 e. The average Bonchev–Trinajstić information content (AvgIpc) is 3.68. The molecule has 204 valence electrons. The number of benzene rings is 6. The highest BCUT2D eigenvalue weighted by atomic mass is 15.2. The van der Waals surface area contributed by atoms with E-state index in [0.29, 0.717) is 0 Å². The van der Waals surface area contributed by atoms with Crippen LogP contribution in [0.2, 0.25) is 0 Å². The molecule has 0 amide bonds. The molecule has 0 spiro atoms. The zero-order chi connectivity index (χ0) is 28.5. The molecule has 0 aliphatic rings. The van der Waals surface area contributed by atoms with Crippen molar-refractivity contribution in [1.82, 2.24) is 18.5 Å². The summed E-state index contributed by atoms with van der Waals surface area (Å²) < 4.78 is 6.99. The standard InChI is InChI=1S/C39H28N4/c1-26-10-8-12-29(22-26)42-37-21-20-28(25-38(37)43-36-19-7-4-16-33(36)40-39(42)43)23-27-11-9-13-30(24-27)41-34-17-5-2-14-31(34)32-15-3-6-18-35(32)41/h2-22,24-25H,23H2,1H3. The molecule has 9 rings (SSSR count). The maximum absolute atomic E-state index is 5.09. The van der Waals surface area contributed by atoms with Crippen LogP contribution in [-0.2, 0) is 6.42 Å². The van der Waals surface area contributed by atoms with Crippen molar-refractivity contribution in [1.29, 1.82) is 0 Å². The Morgan fingerprint density at radius 3 is 1.91 bits per heavy atom. The summed E-state index contributed by atoms with van der Waals surface area (Å²) in [5.41, 5.74) is 13.0. The van der Waals surface area contributed by atoms with Crippen LogP contribution < -0.4 is 0 Å². The third-order valence-electron chi connectivity index (χ3n) is 8.68. The van der Waals surface area contributed by atoms with Gasteiger partial charge in [-0.25, -0.2) is 4.98 Å². The zero-order valence-electron chi connectivity index (χ0n) is 23.8. The van der Waals surface area contributed by atoms with Crippen LogP contribution in [0.15, 0.2) is 140 Å². The predicted octanol–water partition coefficient (Wildman–Crippen LogP) is 9.43. The van der Waals surface area contributed by atoms with E-state index in [2.05, 4.69) is 160 Å². The van der Waals surface area contributed by atoms with Gasteiger partial charge < -0.3 is 4.57 Å². The van der Waals surface area contributed by atoms with E-state index in [1.807, 2.05) is 0 Å². The number of aryl methyl sites for hydroxylation is 1. The van der Waals surface area contributed by atoms with E-state index >= 15 is 0 Å². The van der Waals surface area contributed by atoms with Gasteiger partial charge in [-0.2, -0.15) is 0 Å². The van der Waals surface area contributed by atoms with Gasteiger partial charge in [-0.1, -0.05) is 78.9 Å². The Morgan fingerprint density at radius 1 is 0.488 bits per heavy atom. The number of hydrogen-bond donors (Lipinski definition) is 0. The summed E-state index contributed by atoms with van der Waals surface area (Å²) in [6.45, 7) is 2.14. The smallest absolute Gasteiger partial charge is 0.220 e. The molecular weight excluding hydrogens is 524 g/mol. The summed E-state index contributed by atoms with van der Waals surface area (Å²) >= 11 is 0. The Balaban J connectivity index is 1.20. The summed E-state index contributed by atoms with van der Waals surface area (Å²) in [7, 11) is 0. The summed E-state index contributed by atoms with van der Waals surface area (Å²) in [6, 6.07) is 50.3. The van der Waals surface area contributed by atoms with Crippen LogP contribution in [0.4, 0.5) is 0 Å². The minimum absolute atomic E-state index is 0.838. The molecule has 4 nitrogen and oxygen atoms in total. The van der Waals surface area contributed by atoms with E-state index in [9.17, 15) is 0 Å². The van der Waals surface area contributed by atoms with Crippen molar-refractivity contribution in [3.05, 3.63) is 156 Å². The van der Waals surface area contributed by atoms with Gasteiger partial charge in [0.05, 0.1) is 33.1 Å². The first-order valence-corrected chi connectivity index (χ1v) is 14.8. The van der Waals surface area contributed by atoms with Crippen LogP contribution in [0.1, 0.15) is 16.7 Å². The molecule has 0 aliphatic heterocycles. The van der Waals surface area contributed by atoms with Crippen LogP contribution in [0, 0.1) is 6.92 Å². The molecule has 9 aromatic rings. The van der Waals surface area contributed by atoms with Gasteiger partial charge in [0.15, 0.2) is 0 Å². The van der Waals surface area contributed by atoms with E-state index in [0.717, 1.165) is 34.4 Å². The van der Waals surface area contributed by atoms with E-state index in [1.165, 1.54) is 49.7 Å². The summed E-state index contributed by atoms with van der Waals surface area (Å²) in [6.07, 6.45) is 0.838. The normalized spacial score (nSPS) is 11.9. The first-order valence-electron chi connectivity index (χ1n) is 14.8. The maximum atomic E-state index is 5.09. The third kappa shape index (κ3) is 3.66. The second-order valence-corrected chi connectivity index (χ2v) is 11.4. The lowest BCUT2D eigenvalue weighted by Crippen LogP contribution is -1.97. The number of aromatic nitrogens is 4.